The van der Waals surface area contributed by atoms with E-state index in [-0.39, 0.29) is 5.54 Å². The third-order valence-electron chi connectivity index (χ3n) is 2.81. The van der Waals surface area contributed by atoms with E-state index in [4.69, 9.17) is 10.5 Å². The quantitative estimate of drug-likeness (QED) is 0.694. The molecule has 0 unspecified atom stereocenters. The van der Waals surface area contributed by atoms with Crippen LogP contribution in [0.15, 0.2) is 0 Å². The van der Waals surface area contributed by atoms with Crippen LogP contribution in [0.1, 0.15) is 39.0 Å². The lowest BCUT2D eigenvalue weighted by Gasteiger charge is -2.32. The van der Waals surface area contributed by atoms with Gasteiger partial charge in [-0.1, -0.05) is 26.2 Å². The van der Waals surface area contributed by atoms with Gasteiger partial charge < -0.3 is 10.5 Å². The monoisotopic (exact) mass is 217 g/mol. The average molecular weight is 217 g/mol. The molecule has 0 aromatic rings. The van der Waals surface area contributed by atoms with Crippen LogP contribution < -0.4 is 5.73 Å². The first-order valence-corrected chi connectivity index (χ1v) is 6.87. The summed E-state index contributed by atoms with van der Waals surface area (Å²) in [6.45, 7) is 3.80. The van der Waals surface area contributed by atoms with Crippen LogP contribution in [0, 0.1) is 0 Å². The minimum absolute atomic E-state index is 0.00483. The highest BCUT2D eigenvalue weighted by atomic mass is 32.2. The Labute approximate surface area is 92.0 Å². The fraction of sp³-hybridized carbons (Fsp3) is 1.00. The molecule has 0 bridgehead atoms. The van der Waals surface area contributed by atoms with Gasteiger partial charge >= 0.3 is 0 Å². The zero-order valence-corrected chi connectivity index (χ0v) is 10.1. The van der Waals surface area contributed by atoms with Gasteiger partial charge in [-0.15, -0.1) is 0 Å². The van der Waals surface area contributed by atoms with Crippen LogP contribution in [0.2, 0.25) is 0 Å². The van der Waals surface area contributed by atoms with Crippen LogP contribution >= 0.6 is 11.8 Å². The molecule has 1 fully saturated rings. The molecule has 1 aliphatic rings. The molecule has 0 heterocycles. The second-order valence-corrected chi connectivity index (χ2v) is 5.57. The molecule has 0 radical (unpaired) electrons. The van der Waals surface area contributed by atoms with Gasteiger partial charge in [0.2, 0.25) is 0 Å². The molecular weight excluding hydrogens is 194 g/mol. The summed E-state index contributed by atoms with van der Waals surface area (Å²) >= 11 is 1.93. The number of thioether (sulfide) groups is 1. The Balaban J connectivity index is 2.03. The molecule has 0 atom stereocenters. The van der Waals surface area contributed by atoms with E-state index in [9.17, 15) is 0 Å². The van der Waals surface area contributed by atoms with Crippen molar-refractivity contribution < 1.29 is 4.74 Å². The van der Waals surface area contributed by atoms with Gasteiger partial charge in [0.1, 0.15) is 0 Å². The van der Waals surface area contributed by atoms with Gasteiger partial charge in [-0.05, 0) is 18.6 Å². The molecule has 2 N–H and O–H groups in total. The van der Waals surface area contributed by atoms with E-state index >= 15 is 0 Å². The topological polar surface area (TPSA) is 35.2 Å². The SMILES string of the molecule is CCSCCOCC1(N)CCCCC1. The molecule has 2 nitrogen and oxygen atoms in total. The number of rotatable bonds is 6. The van der Waals surface area contributed by atoms with Crippen molar-refractivity contribution in [2.75, 3.05) is 24.7 Å². The van der Waals surface area contributed by atoms with Crippen LogP contribution in [0.25, 0.3) is 0 Å². The summed E-state index contributed by atoms with van der Waals surface area (Å²) in [5, 5.41) is 0. The van der Waals surface area contributed by atoms with E-state index < -0.39 is 0 Å². The normalized spacial score (nSPS) is 21.0. The van der Waals surface area contributed by atoms with Crippen LogP contribution in [-0.2, 0) is 4.74 Å². The van der Waals surface area contributed by atoms with E-state index in [2.05, 4.69) is 6.92 Å². The van der Waals surface area contributed by atoms with Gasteiger partial charge in [-0.25, -0.2) is 0 Å². The van der Waals surface area contributed by atoms with Crippen molar-refractivity contribution in [3.8, 4) is 0 Å². The Hall–Kier alpha value is 0.270. The van der Waals surface area contributed by atoms with Crippen molar-refractivity contribution in [2.45, 2.75) is 44.6 Å². The Morgan fingerprint density at radius 3 is 2.64 bits per heavy atom. The summed E-state index contributed by atoms with van der Waals surface area (Å²) in [5.41, 5.74) is 6.24. The largest absolute Gasteiger partial charge is 0.379 e. The summed E-state index contributed by atoms with van der Waals surface area (Å²) in [5.74, 6) is 2.28. The highest BCUT2D eigenvalue weighted by Gasteiger charge is 2.27. The number of nitrogens with two attached hydrogens (primary N) is 1. The predicted octanol–water partition coefficient (Wildman–Crippen LogP) is 2.42. The summed E-state index contributed by atoms with van der Waals surface area (Å²) in [6, 6.07) is 0. The molecule has 0 aromatic heterocycles. The highest BCUT2D eigenvalue weighted by Crippen LogP contribution is 2.25. The molecule has 84 valence electrons. The fourth-order valence-electron chi connectivity index (χ4n) is 1.94. The first kappa shape index (κ1) is 12.3. The van der Waals surface area contributed by atoms with E-state index in [1.54, 1.807) is 0 Å². The Kier molecular flexibility index (Phi) is 5.90. The fourth-order valence-corrected chi connectivity index (χ4v) is 2.46. The molecular formula is C11H23NOS. The average Bonchev–Trinajstić information content (AvgIpc) is 2.18. The van der Waals surface area contributed by atoms with E-state index in [1.165, 1.54) is 25.0 Å². The first-order valence-electron chi connectivity index (χ1n) is 5.71. The lowest BCUT2D eigenvalue weighted by Crippen LogP contribution is -2.46. The van der Waals surface area contributed by atoms with Gasteiger partial charge in [-0.2, -0.15) is 11.8 Å². The van der Waals surface area contributed by atoms with Crippen LogP contribution in [-0.4, -0.2) is 30.3 Å². The van der Waals surface area contributed by atoms with E-state index in [0.717, 1.165) is 31.8 Å². The van der Waals surface area contributed by atoms with Gasteiger partial charge in [0.25, 0.3) is 0 Å². The summed E-state index contributed by atoms with van der Waals surface area (Å²) < 4.78 is 5.63. The third kappa shape index (κ3) is 4.67. The van der Waals surface area contributed by atoms with Crippen molar-refractivity contribution in [2.24, 2.45) is 5.73 Å². The van der Waals surface area contributed by atoms with Crippen LogP contribution in [0.5, 0.6) is 0 Å². The van der Waals surface area contributed by atoms with Crippen molar-refractivity contribution in [1.29, 1.82) is 0 Å². The summed E-state index contributed by atoms with van der Waals surface area (Å²) in [7, 11) is 0. The van der Waals surface area contributed by atoms with E-state index in [0.29, 0.717) is 0 Å². The highest BCUT2D eigenvalue weighted by molar-refractivity contribution is 7.99. The maximum Gasteiger partial charge on any atom is 0.0646 e. The maximum absolute atomic E-state index is 6.24. The second kappa shape index (κ2) is 6.70. The minimum atomic E-state index is -0.00483. The van der Waals surface area contributed by atoms with Gasteiger partial charge in [0.15, 0.2) is 0 Å². The molecule has 14 heavy (non-hydrogen) atoms. The molecule has 0 saturated heterocycles. The number of hydrogen-bond donors (Lipinski definition) is 1. The standard InChI is InChI=1S/C11H23NOS/c1-2-14-9-8-13-10-11(12)6-4-3-5-7-11/h2-10,12H2,1H3. The maximum atomic E-state index is 6.24. The number of hydrogen-bond acceptors (Lipinski definition) is 3. The van der Waals surface area contributed by atoms with Crippen LogP contribution in [0.4, 0.5) is 0 Å². The first-order chi connectivity index (χ1) is 6.77. The molecule has 3 heteroatoms. The molecule has 1 saturated carbocycles. The Bertz CT molecular complexity index is 146. The van der Waals surface area contributed by atoms with Crippen molar-refractivity contribution in [1.82, 2.24) is 0 Å². The zero-order valence-electron chi connectivity index (χ0n) is 9.26. The van der Waals surface area contributed by atoms with Crippen molar-refractivity contribution >= 4 is 11.8 Å². The van der Waals surface area contributed by atoms with Crippen LogP contribution in [0.3, 0.4) is 0 Å². The Morgan fingerprint density at radius 2 is 2.00 bits per heavy atom. The summed E-state index contributed by atoms with van der Waals surface area (Å²) in [6.07, 6.45) is 6.21. The molecule has 1 rings (SSSR count). The van der Waals surface area contributed by atoms with Crippen molar-refractivity contribution in [3.05, 3.63) is 0 Å². The third-order valence-corrected chi connectivity index (χ3v) is 3.68. The molecule has 0 aromatic carbocycles. The molecule has 0 aliphatic heterocycles. The second-order valence-electron chi connectivity index (χ2n) is 4.17. The lowest BCUT2D eigenvalue weighted by molar-refractivity contribution is 0.0779. The molecule has 0 amide bonds. The molecule has 1 aliphatic carbocycles. The Morgan fingerprint density at radius 1 is 1.29 bits per heavy atom. The molecule has 0 spiro atoms. The predicted molar refractivity (Wildman–Crippen MR) is 63.8 cm³/mol. The zero-order chi connectivity index (χ0) is 10.3. The lowest BCUT2D eigenvalue weighted by atomic mass is 9.83. The smallest absolute Gasteiger partial charge is 0.0646 e. The minimum Gasteiger partial charge on any atom is -0.379 e. The summed E-state index contributed by atoms with van der Waals surface area (Å²) in [4.78, 5) is 0. The van der Waals surface area contributed by atoms with Gasteiger partial charge in [0.05, 0.1) is 13.2 Å². The number of ether oxygens (including phenoxy) is 1. The van der Waals surface area contributed by atoms with Gasteiger partial charge in [-0.3, -0.25) is 0 Å². The van der Waals surface area contributed by atoms with Crippen molar-refractivity contribution in [3.63, 3.8) is 0 Å². The van der Waals surface area contributed by atoms with E-state index in [1.807, 2.05) is 11.8 Å². The van der Waals surface area contributed by atoms with Gasteiger partial charge in [0, 0.05) is 11.3 Å².